The summed E-state index contributed by atoms with van der Waals surface area (Å²) >= 11 is 0. The first-order valence-electron chi connectivity index (χ1n) is 9.11. The monoisotopic (exact) mass is 329 g/mol. The minimum Gasteiger partial charge on any atom is -0.481 e. The summed E-state index contributed by atoms with van der Waals surface area (Å²) in [5.41, 5.74) is 0.972. The van der Waals surface area contributed by atoms with E-state index < -0.39 is 17.8 Å². The molecule has 0 radical (unpaired) electrons. The van der Waals surface area contributed by atoms with Crippen molar-refractivity contribution in [2.24, 2.45) is 23.7 Å². The van der Waals surface area contributed by atoms with Gasteiger partial charge in [-0.15, -0.1) is 0 Å². The zero-order valence-electron chi connectivity index (χ0n) is 14.4. The maximum Gasteiger partial charge on any atom is 0.307 e. The van der Waals surface area contributed by atoms with E-state index in [0.29, 0.717) is 18.3 Å². The predicted octanol–water partition coefficient (Wildman–Crippen LogP) is 3.21. The number of aliphatic carboxylic acids is 1. The molecule has 2 unspecified atom stereocenters. The third kappa shape index (κ3) is 3.63. The molecule has 1 aliphatic heterocycles. The molecule has 1 aromatic rings. The number of carboxylic acids is 1. The summed E-state index contributed by atoms with van der Waals surface area (Å²) in [7, 11) is 0. The predicted molar refractivity (Wildman–Crippen MR) is 92.5 cm³/mol. The van der Waals surface area contributed by atoms with Gasteiger partial charge in [0.25, 0.3) is 0 Å². The van der Waals surface area contributed by atoms with Gasteiger partial charge >= 0.3 is 5.97 Å². The number of carboxylic acid groups (broad SMARTS) is 1. The van der Waals surface area contributed by atoms with E-state index in [0.717, 1.165) is 18.7 Å². The molecule has 1 saturated carbocycles. The van der Waals surface area contributed by atoms with Crippen molar-refractivity contribution in [3.63, 3.8) is 0 Å². The van der Waals surface area contributed by atoms with Gasteiger partial charge in [-0.25, -0.2) is 0 Å². The van der Waals surface area contributed by atoms with Gasteiger partial charge in [0.1, 0.15) is 0 Å². The average Bonchev–Trinajstić information content (AvgIpc) is 3.03. The summed E-state index contributed by atoms with van der Waals surface area (Å²) in [6, 6.07) is 9.59. The molecule has 1 aromatic carbocycles. The second-order valence-electron chi connectivity index (χ2n) is 7.47. The average molecular weight is 329 g/mol. The highest BCUT2D eigenvalue weighted by Crippen LogP contribution is 2.37. The minimum atomic E-state index is -0.878. The van der Waals surface area contributed by atoms with Crippen LogP contribution in [-0.4, -0.2) is 35.0 Å². The zero-order valence-corrected chi connectivity index (χ0v) is 14.4. The Hall–Kier alpha value is -1.84. The molecule has 1 saturated heterocycles. The normalized spacial score (nSPS) is 25.8. The summed E-state index contributed by atoms with van der Waals surface area (Å²) in [6.45, 7) is 3.43. The summed E-state index contributed by atoms with van der Waals surface area (Å²) in [4.78, 5) is 26.6. The number of rotatable bonds is 5. The molecular formula is C20H27NO3. The Balaban J connectivity index is 1.67. The van der Waals surface area contributed by atoms with Crippen molar-refractivity contribution in [3.8, 4) is 0 Å². The van der Waals surface area contributed by atoms with Crippen molar-refractivity contribution < 1.29 is 14.7 Å². The van der Waals surface area contributed by atoms with Gasteiger partial charge in [0.2, 0.25) is 5.91 Å². The van der Waals surface area contributed by atoms with Crippen molar-refractivity contribution in [1.82, 2.24) is 4.90 Å². The summed E-state index contributed by atoms with van der Waals surface area (Å²) in [5, 5.41) is 9.63. The van der Waals surface area contributed by atoms with E-state index >= 15 is 0 Å². The van der Waals surface area contributed by atoms with Crippen LogP contribution in [0.3, 0.4) is 0 Å². The number of benzene rings is 1. The van der Waals surface area contributed by atoms with Crippen LogP contribution in [0, 0.1) is 23.7 Å². The number of hydrogen-bond donors (Lipinski definition) is 1. The van der Waals surface area contributed by atoms with Gasteiger partial charge in [-0.3, -0.25) is 9.59 Å². The zero-order chi connectivity index (χ0) is 17.1. The van der Waals surface area contributed by atoms with Crippen LogP contribution < -0.4 is 0 Å². The lowest BCUT2D eigenvalue weighted by molar-refractivity contribution is -0.149. The third-order valence-electron chi connectivity index (χ3n) is 5.90. The summed E-state index contributed by atoms with van der Waals surface area (Å²) < 4.78 is 0. The van der Waals surface area contributed by atoms with E-state index in [1.54, 1.807) is 6.92 Å². The van der Waals surface area contributed by atoms with Gasteiger partial charge in [-0.2, -0.15) is 0 Å². The molecule has 1 amide bonds. The molecule has 0 bridgehead atoms. The molecule has 2 aliphatic rings. The van der Waals surface area contributed by atoms with Crippen LogP contribution in [0.25, 0.3) is 0 Å². The van der Waals surface area contributed by atoms with E-state index in [-0.39, 0.29) is 5.91 Å². The van der Waals surface area contributed by atoms with Gasteiger partial charge in [-0.1, -0.05) is 50.1 Å². The summed E-state index contributed by atoms with van der Waals surface area (Å²) in [6.07, 6.45) is 5.38. The molecule has 2 fully saturated rings. The highest BCUT2D eigenvalue weighted by atomic mass is 16.4. The fourth-order valence-electron chi connectivity index (χ4n) is 4.39. The van der Waals surface area contributed by atoms with Crippen molar-refractivity contribution in [2.75, 3.05) is 13.1 Å². The highest BCUT2D eigenvalue weighted by molar-refractivity contribution is 5.84. The van der Waals surface area contributed by atoms with Gasteiger partial charge in [0.15, 0.2) is 0 Å². The lowest BCUT2D eigenvalue weighted by Gasteiger charge is -2.25. The number of carbonyl (C=O) groups is 2. The number of likely N-dealkylation sites (tertiary alicyclic amines) is 1. The Labute approximate surface area is 143 Å². The Morgan fingerprint density at radius 3 is 2.25 bits per heavy atom. The van der Waals surface area contributed by atoms with Crippen LogP contribution >= 0.6 is 0 Å². The van der Waals surface area contributed by atoms with Gasteiger partial charge in [-0.05, 0) is 36.7 Å². The van der Waals surface area contributed by atoms with Gasteiger partial charge < -0.3 is 10.0 Å². The molecule has 4 nitrogen and oxygen atoms in total. The van der Waals surface area contributed by atoms with Crippen molar-refractivity contribution in [1.29, 1.82) is 0 Å². The number of fused-ring (bicyclic) bond motifs is 1. The molecule has 3 rings (SSSR count). The standard InChI is InChI=1S/C20H27NO3/c1-14(18(20(23)24)11-15-7-3-2-4-8-15)19(22)21-12-16-9-5-6-10-17(16)13-21/h2-4,7-8,14,16-18H,5-6,9-13H2,1H3,(H,23,24)/t14?,16-,17+,18?. The number of hydrogen-bond acceptors (Lipinski definition) is 2. The van der Waals surface area contributed by atoms with E-state index in [2.05, 4.69) is 0 Å². The third-order valence-corrected chi connectivity index (χ3v) is 5.90. The van der Waals surface area contributed by atoms with Crippen LogP contribution in [0.4, 0.5) is 0 Å². The quantitative estimate of drug-likeness (QED) is 0.902. The Kier molecular flexibility index (Phi) is 5.22. The Morgan fingerprint density at radius 1 is 1.12 bits per heavy atom. The fourth-order valence-corrected chi connectivity index (χ4v) is 4.39. The first-order chi connectivity index (χ1) is 11.6. The molecule has 1 N–H and O–H groups in total. The van der Waals surface area contributed by atoms with E-state index in [9.17, 15) is 14.7 Å². The molecule has 4 atom stereocenters. The fraction of sp³-hybridized carbons (Fsp3) is 0.600. The SMILES string of the molecule is CC(C(=O)N1C[C@H]2CCCC[C@H]2C1)C(Cc1ccccc1)C(=O)O. The maximum atomic E-state index is 12.9. The van der Waals surface area contributed by atoms with Crippen LogP contribution in [0.2, 0.25) is 0 Å². The maximum absolute atomic E-state index is 12.9. The molecule has 130 valence electrons. The lowest BCUT2D eigenvalue weighted by Crippen LogP contribution is -2.39. The van der Waals surface area contributed by atoms with Crippen molar-refractivity contribution >= 4 is 11.9 Å². The molecule has 0 spiro atoms. The Morgan fingerprint density at radius 2 is 1.71 bits per heavy atom. The molecule has 1 heterocycles. The largest absolute Gasteiger partial charge is 0.481 e. The number of amides is 1. The second-order valence-corrected chi connectivity index (χ2v) is 7.47. The van der Waals surface area contributed by atoms with E-state index in [4.69, 9.17) is 0 Å². The van der Waals surface area contributed by atoms with Gasteiger partial charge in [0, 0.05) is 19.0 Å². The number of carbonyl (C=O) groups excluding carboxylic acids is 1. The van der Waals surface area contributed by atoms with Gasteiger partial charge in [0.05, 0.1) is 5.92 Å². The lowest BCUT2D eigenvalue weighted by atomic mass is 9.82. The van der Waals surface area contributed by atoms with Crippen LogP contribution in [0.1, 0.15) is 38.2 Å². The summed E-state index contributed by atoms with van der Waals surface area (Å²) in [5.74, 6) is -0.742. The smallest absolute Gasteiger partial charge is 0.307 e. The van der Waals surface area contributed by atoms with Crippen molar-refractivity contribution in [3.05, 3.63) is 35.9 Å². The van der Waals surface area contributed by atoms with Crippen LogP contribution in [0.5, 0.6) is 0 Å². The number of nitrogens with zero attached hydrogens (tertiary/aromatic N) is 1. The Bertz CT molecular complexity index is 572. The molecule has 0 aromatic heterocycles. The molecule has 24 heavy (non-hydrogen) atoms. The van der Waals surface area contributed by atoms with E-state index in [1.807, 2.05) is 35.2 Å². The van der Waals surface area contributed by atoms with Crippen LogP contribution in [-0.2, 0) is 16.0 Å². The van der Waals surface area contributed by atoms with E-state index in [1.165, 1.54) is 25.7 Å². The second kappa shape index (κ2) is 7.37. The highest BCUT2D eigenvalue weighted by Gasteiger charge is 2.40. The minimum absolute atomic E-state index is 0.0210. The topological polar surface area (TPSA) is 57.6 Å². The first-order valence-corrected chi connectivity index (χ1v) is 9.11. The van der Waals surface area contributed by atoms with Crippen LogP contribution in [0.15, 0.2) is 30.3 Å². The molecule has 1 aliphatic carbocycles. The molecule has 4 heteroatoms. The van der Waals surface area contributed by atoms with Crippen molar-refractivity contribution in [2.45, 2.75) is 39.0 Å². The first kappa shape index (κ1) is 17.0. The molecular weight excluding hydrogens is 302 g/mol.